The lowest BCUT2D eigenvalue weighted by Gasteiger charge is -2.31. The molecule has 0 fully saturated rings. The Kier molecular flexibility index (Phi) is 8.81. The Morgan fingerprint density at radius 2 is 0.909 bits per heavy atom. The number of rotatable bonds is 4. The van der Waals surface area contributed by atoms with Crippen LogP contribution in [0.4, 0.5) is 0 Å². The van der Waals surface area contributed by atoms with E-state index < -0.39 is 7.60 Å². The van der Waals surface area contributed by atoms with E-state index in [0.717, 1.165) is 33.4 Å². The Morgan fingerprint density at radius 1 is 0.477 bits per heavy atom. The standard InChI is InChI=1S/C40H51O3P/c1-37(2,3)27-18-20-29(32(24-27)39(7,8)9)30-22-23-34(44(41,42)43)36(35(30)26-16-14-13-15-17-26)31-21-19-28(38(4,5)6)25-33(31)40(10,11)12/h13-25H,1-12H3,(H2,41,42,43). The van der Waals surface area contributed by atoms with Crippen molar-refractivity contribution >= 4 is 12.9 Å². The molecule has 0 bridgehead atoms. The zero-order valence-electron chi connectivity index (χ0n) is 28.8. The highest BCUT2D eigenvalue weighted by Gasteiger charge is 2.33. The van der Waals surface area contributed by atoms with Crippen molar-refractivity contribution in [1.82, 2.24) is 0 Å². The van der Waals surface area contributed by atoms with Crippen LogP contribution in [0.1, 0.15) is 105 Å². The molecular formula is C40H51O3P. The molecule has 4 aromatic rings. The molecule has 2 N–H and O–H groups in total. The zero-order chi connectivity index (χ0) is 33.0. The molecule has 4 rings (SSSR count). The lowest BCUT2D eigenvalue weighted by atomic mass is 9.74. The minimum atomic E-state index is -4.67. The first-order valence-electron chi connectivity index (χ1n) is 15.6. The summed E-state index contributed by atoms with van der Waals surface area (Å²) in [6, 6.07) is 26.8. The lowest BCUT2D eigenvalue weighted by Crippen LogP contribution is -2.20. The van der Waals surface area contributed by atoms with Crippen LogP contribution in [0.2, 0.25) is 0 Å². The van der Waals surface area contributed by atoms with Gasteiger partial charge in [0, 0.05) is 5.56 Å². The summed E-state index contributed by atoms with van der Waals surface area (Å²) in [4.78, 5) is 21.7. The first-order chi connectivity index (χ1) is 20.0. The fraction of sp³-hybridized carbons (Fsp3) is 0.400. The summed E-state index contributed by atoms with van der Waals surface area (Å²) >= 11 is 0. The molecule has 0 aromatic heterocycles. The van der Waals surface area contributed by atoms with Crippen LogP contribution in [0.5, 0.6) is 0 Å². The summed E-state index contributed by atoms with van der Waals surface area (Å²) in [6.07, 6.45) is 0. The maximum absolute atomic E-state index is 13.3. The van der Waals surface area contributed by atoms with Crippen LogP contribution in [0.25, 0.3) is 33.4 Å². The third kappa shape index (κ3) is 6.96. The highest BCUT2D eigenvalue weighted by atomic mass is 31.2. The summed E-state index contributed by atoms with van der Waals surface area (Å²) in [5.41, 5.74) is 9.43. The molecule has 4 aromatic carbocycles. The zero-order valence-corrected chi connectivity index (χ0v) is 29.6. The van der Waals surface area contributed by atoms with Gasteiger partial charge in [-0.15, -0.1) is 0 Å². The normalized spacial score (nSPS) is 13.3. The van der Waals surface area contributed by atoms with Gasteiger partial charge in [0.15, 0.2) is 0 Å². The molecule has 0 aliphatic carbocycles. The van der Waals surface area contributed by atoms with E-state index in [1.54, 1.807) is 6.07 Å². The van der Waals surface area contributed by atoms with Crippen molar-refractivity contribution < 1.29 is 14.4 Å². The second-order valence-corrected chi connectivity index (χ2v) is 17.9. The molecule has 234 valence electrons. The second kappa shape index (κ2) is 11.4. The van der Waals surface area contributed by atoms with Crippen LogP contribution in [-0.2, 0) is 26.2 Å². The molecule has 0 saturated carbocycles. The Morgan fingerprint density at radius 3 is 1.34 bits per heavy atom. The molecule has 0 amide bonds. The summed E-state index contributed by atoms with van der Waals surface area (Å²) in [5.74, 6) is 0. The Bertz CT molecular complexity index is 1710. The monoisotopic (exact) mass is 610 g/mol. The van der Waals surface area contributed by atoms with Crippen LogP contribution >= 0.6 is 7.60 Å². The molecule has 4 heteroatoms. The smallest absolute Gasteiger partial charge is 0.321 e. The third-order valence-electron chi connectivity index (χ3n) is 8.51. The maximum Gasteiger partial charge on any atom is 0.356 e. The minimum Gasteiger partial charge on any atom is -0.321 e. The number of hydrogen-bond donors (Lipinski definition) is 2. The molecule has 44 heavy (non-hydrogen) atoms. The van der Waals surface area contributed by atoms with Crippen molar-refractivity contribution in [2.24, 2.45) is 0 Å². The summed E-state index contributed by atoms with van der Waals surface area (Å²) < 4.78 is 13.3. The van der Waals surface area contributed by atoms with E-state index in [-0.39, 0.29) is 27.0 Å². The fourth-order valence-electron chi connectivity index (χ4n) is 5.95. The topological polar surface area (TPSA) is 57.5 Å². The molecule has 0 atom stereocenters. The maximum atomic E-state index is 13.3. The molecule has 0 heterocycles. The van der Waals surface area contributed by atoms with Gasteiger partial charge in [0.05, 0.1) is 5.30 Å². The number of hydrogen-bond acceptors (Lipinski definition) is 1. The van der Waals surface area contributed by atoms with Crippen molar-refractivity contribution in [3.8, 4) is 33.4 Å². The molecule has 0 radical (unpaired) electrons. The molecule has 0 unspecified atom stereocenters. The highest BCUT2D eigenvalue weighted by Crippen LogP contribution is 2.50. The van der Waals surface area contributed by atoms with Crippen molar-refractivity contribution in [2.75, 3.05) is 0 Å². The van der Waals surface area contributed by atoms with Gasteiger partial charge in [0.2, 0.25) is 0 Å². The average molecular weight is 611 g/mol. The Hall–Kier alpha value is -2.97. The Balaban J connectivity index is 2.27. The van der Waals surface area contributed by atoms with Crippen LogP contribution in [0.3, 0.4) is 0 Å². The molecule has 0 aliphatic rings. The van der Waals surface area contributed by atoms with E-state index in [4.69, 9.17) is 0 Å². The van der Waals surface area contributed by atoms with E-state index in [9.17, 15) is 14.4 Å². The molecular weight excluding hydrogens is 559 g/mol. The van der Waals surface area contributed by atoms with Gasteiger partial charge in [0.1, 0.15) is 0 Å². The van der Waals surface area contributed by atoms with Crippen molar-refractivity contribution in [2.45, 2.75) is 105 Å². The van der Waals surface area contributed by atoms with Crippen molar-refractivity contribution in [3.63, 3.8) is 0 Å². The van der Waals surface area contributed by atoms with Gasteiger partial charge < -0.3 is 9.79 Å². The van der Waals surface area contributed by atoms with Crippen LogP contribution in [0, 0.1) is 0 Å². The van der Waals surface area contributed by atoms with Gasteiger partial charge in [-0.1, -0.05) is 156 Å². The summed E-state index contributed by atoms with van der Waals surface area (Å²) in [5, 5.41) is 0.0535. The van der Waals surface area contributed by atoms with E-state index >= 15 is 0 Å². The van der Waals surface area contributed by atoms with Crippen molar-refractivity contribution in [3.05, 3.63) is 101 Å². The lowest BCUT2D eigenvalue weighted by molar-refractivity contribution is 0.387. The van der Waals surface area contributed by atoms with E-state index in [0.29, 0.717) is 5.56 Å². The molecule has 3 nitrogen and oxygen atoms in total. The fourth-order valence-corrected chi connectivity index (χ4v) is 6.74. The van der Waals surface area contributed by atoms with Gasteiger partial charge in [-0.3, -0.25) is 4.57 Å². The van der Waals surface area contributed by atoms with Gasteiger partial charge >= 0.3 is 7.60 Å². The molecule has 0 saturated heterocycles. The highest BCUT2D eigenvalue weighted by molar-refractivity contribution is 7.60. The van der Waals surface area contributed by atoms with Crippen molar-refractivity contribution in [1.29, 1.82) is 0 Å². The number of benzene rings is 4. The van der Waals surface area contributed by atoms with E-state index in [1.165, 1.54) is 16.7 Å². The van der Waals surface area contributed by atoms with Gasteiger partial charge in [0.25, 0.3) is 0 Å². The predicted molar refractivity (Wildman–Crippen MR) is 189 cm³/mol. The quantitative estimate of drug-likeness (QED) is 0.226. The first kappa shape index (κ1) is 33.9. The largest absolute Gasteiger partial charge is 0.356 e. The predicted octanol–water partition coefficient (Wildman–Crippen LogP) is 10.7. The van der Waals surface area contributed by atoms with Crippen LogP contribution in [0.15, 0.2) is 78.9 Å². The first-order valence-corrected chi connectivity index (χ1v) is 17.2. The van der Waals surface area contributed by atoms with Gasteiger partial charge in [-0.05, 0) is 77.8 Å². The molecule has 0 spiro atoms. The summed E-state index contributed by atoms with van der Waals surface area (Å²) in [6.45, 7) is 26.5. The van der Waals surface area contributed by atoms with Gasteiger partial charge in [-0.2, -0.15) is 0 Å². The second-order valence-electron chi connectivity index (χ2n) is 16.3. The molecule has 0 aliphatic heterocycles. The van der Waals surface area contributed by atoms with E-state index in [2.05, 4.69) is 119 Å². The average Bonchev–Trinajstić information content (AvgIpc) is 2.89. The van der Waals surface area contributed by atoms with Gasteiger partial charge in [-0.25, -0.2) is 0 Å². The third-order valence-corrected chi connectivity index (χ3v) is 9.51. The summed E-state index contributed by atoms with van der Waals surface area (Å²) in [7, 11) is -4.67. The van der Waals surface area contributed by atoms with Crippen LogP contribution < -0.4 is 5.30 Å². The van der Waals surface area contributed by atoms with Crippen LogP contribution in [-0.4, -0.2) is 9.79 Å². The van der Waals surface area contributed by atoms with E-state index in [1.807, 2.05) is 36.4 Å². The minimum absolute atomic E-state index is 0.0212. The SMILES string of the molecule is CC(C)(C)c1ccc(-c2ccc(P(=O)(O)O)c(-c3ccc(C(C)(C)C)cc3C(C)(C)C)c2-c2ccccc2)c(C(C)(C)C)c1. The Labute approximate surface area is 265 Å².